The van der Waals surface area contributed by atoms with Crippen LogP contribution in [0.25, 0.3) is 0 Å². The first-order chi connectivity index (χ1) is 14.5. The van der Waals surface area contributed by atoms with Crippen LogP contribution in [-0.2, 0) is 16.6 Å². The van der Waals surface area contributed by atoms with E-state index < -0.39 is 10.0 Å². The third-order valence-electron chi connectivity index (χ3n) is 5.48. The average molecular weight is 423 g/mol. The Kier molecular flexibility index (Phi) is 4.63. The van der Waals surface area contributed by atoms with E-state index in [1.54, 1.807) is 22.6 Å². The number of anilines is 1. The van der Waals surface area contributed by atoms with Gasteiger partial charge in [0.1, 0.15) is 11.0 Å². The molecule has 30 heavy (non-hydrogen) atoms. The van der Waals surface area contributed by atoms with Gasteiger partial charge in [-0.15, -0.1) is 5.10 Å². The van der Waals surface area contributed by atoms with Gasteiger partial charge in [0.05, 0.1) is 18.3 Å². The molecule has 1 fully saturated rings. The van der Waals surface area contributed by atoms with Crippen LogP contribution in [-0.4, -0.2) is 53.1 Å². The summed E-state index contributed by atoms with van der Waals surface area (Å²) >= 11 is 0. The molecule has 0 bridgehead atoms. The lowest BCUT2D eigenvalue weighted by atomic mass is 10.1. The molecule has 4 heterocycles. The van der Waals surface area contributed by atoms with Crippen molar-refractivity contribution in [2.24, 2.45) is 0 Å². The monoisotopic (exact) mass is 423 g/mol. The van der Waals surface area contributed by atoms with Crippen molar-refractivity contribution in [2.75, 3.05) is 18.0 Å². The maximum absolute atomic E-state index is 13.6. The molecule has 8 nitrogen and oxygen atoms in total. The minimum atomic E-state index is -3.80. The van der Waals surface area contributed by atoms with Gasteiger partial charge < -0.3 is 9.64 Å². The smallest absolute Gasteiger partial charge is 0.249 e. The predicted octanol–water partition coefficient (Wildman–Crippen LogP) is 2.02. The van der Waals surface area contributed by atoms with Gasteiger partial charge in [-0.25, -0.2) is 13.4 Å². The van der Waals surface area contributed by atoms with Crippen LogP contribution in [0, 0.1) is 6.92 Å². The molecule has 0 spiro atoms. The number of aryl methyl sites for hydroxylation is 1. The van der Waals surface area contributed by atoms with E-state index in [0.717, 1.165) is 11.3 Å². The Morgan fingerprint density at radius 1 is 1.03 bits per heavy atom. The van der Waals surface area contributed by atoms with E-state index in [4.69, 9.17) is 4.74 Å². The Hall–Kier alpha value is -3.04. The van der Waals surface area contributed by atoms with E-state index in [1.165, 1.54) is 0 Å². The van der Waals surface area contributed by atoms with Crippen molar-refractivity contribution in [3.05, 3.63) is 72.1 Å². The molecule has 9 heteroatoms. The molecule has 0 amide bonds. The number of ether oxygens (including phenoxy) is 1. The molecule has 2 aliphatic heterocycles. The molecule has 0 radical (unpaired) electrons. The Balaban J connectivity index is 1.56. The summed E-state index contributed by atoms with van der Waals surface area (Å²) in [5.74, 6) is 0.857. The molecule has 2 aliphatic rings. The minimum Gasteiger partial charge on any atom is -0.470 e. The molecular weight excluding hydrogens is 402 g/mol. The summed E-state index contributed by atoms with van der Waals surface area (Å²) in [4.78, 5) is 6.34. The Labute approximate surface area is 175 Å². The summed E-state index contributed by atoms with van der Waals surface area (Å²) in [5.41, 5.74) is 1.75. The molecule has 154 valence electrons. The summed E-state index contributed by atoms with van der Waals surface area (Å²) in [6.07, 6.45) is 1.18. The third kappa shape index (κ3) is 3.29. The molecule has 2 atom stereocenters. The van der Waals surface area contributed by atoms with Crippen molar-refractivity contribution in [3.8, 4) is 5.88 Å². The van der Waals surface area contributed by atoms with E-state index in [9.17, 15) is 8.42 Å². The quantitative estimate of drug-likeness (QED) is 0.637. The fourth-order valence-corrected chi connectivity index (χ4v) is 5.67. The van der Waals surface area contributed by atoms with Crippen molar-refractivity contribution in [1.82, 2.24) is 19.5 Å². The van der Waals surface area contributed by atoms with Crippen LogP contribution in [0.1, 0.15) is 11.3 Å². The van der Waals surface area contributed by atoms with E-state index in [0.29, 0.717) is 18.9 Å². The Bertz CT molecular complexity index is 1150. The number of hydrogen-bond acceptors (Lipinski definition) is 7. The first-order valence-corrected chi connectivity index (χ1v) is 11.2. The topological polar surface area (TPSA) is 88.5 Å². The van der Waals surface area contributed by atoms with E-state index in [-0.39, 0.29) is 29.5 Å². The van der Waals surface area contributed by atoms with Gasteiger partial charge in [0.15, 0.2) is 5.82 Å². The molecule has 5 rings (SSSR count). The second-order valence-corrected chi connectivity index (χ2v) is 9.36. The zero-order valence-corrected chi connectivity index (χ0v) is 17.2. The first-order valence-electron chi connectivity index (χ1n) is 9.75. The van der Waals surface area contributed by atoms with Gasteiger partial charge in [-0.3, -0.25) is 0 Å². The lowest BCUT2D eigenvalue weighted by molar-refractivity contribution is 0.147. The van der Waals surface area contributed by atoms with E-state index >= 15 is 0 Å². The summed E-state index contributed by atoms with van der Waals surface area (Å²) in [7, 11) is -3.80. The second kappa shape index (κ2) is 7.33. The number of fused-ring (bicyclic) bond motifs is 2. The van der Waals surface area contributed by atoms with Gasteiger partial charge in [0, 0.05) is 19.3 Å². The van der Waals surface area contributed by atoms with Crippen molar-refractivity contribution >= 4 is 15.8 Å². The van der Waals surface area contributed by atoms with Gasteiger partial charge in [-0.1, -0.05) is 30.3 Å². The lowest BCUT2D eigenvalue weighted by Gasteiger charge is -2.28. The molecule has 2 aromatic heterocycles. The zero-order chi connectivity index (χ0) is 20.7. The SMILES string of the molecule is Cc1ccc(N2CC3Oc4ncccc4S(=O)(=O)N(Cc4ccccc4)C3C2)nn1. The summed E-state index contributed by atoms with van der Waals surface area (Å²) < 4.78 is 34.9. The van der Waals surface area contributed by atoms with Crippen LogP contribution in [0.2, 0.25) is 0 Å². The van der Waals surface area contributed by atoms with Gasteiger partial charge in [0.2, 0.25) is 15.9 Å². The highest BCUT2D eigenvalue weighted by Gasteiger charge is 2.47. The maximum atomic E-state index is 13.6. The van der Waals surface area contributed by atoms with E-state index in [2.05, 4.69) is 15.2 Å². The van der Waals surface area contributed by atoms with Crippen LogP contribution < -0.4 is 9.64 Å². The summed E-state index contributed by atoms with van der Waals surface area (Å²) in [5, 5.41) is 8.40. The summed E-state index contributed by atoms with van der Waals surface area (Å²) in [6, 6.07) is 16.2. The van der Waals surface area contributed by atoms with E-state index in [1.807, 2.05) is 54.3 Å². The second-order valence-electron chi connectivity index (χ2n) is 7.50. The number of sulfonamides is 1. The average Bonchev–Trinajstić information content (AvgIpc) is 3.13. The molecule has 1 aromatic carbocycles. The Morgan fingerprint density at radius 3 is 2.63 bits per heavy atom. The van der Waals surface area contributed by atoms with Crippen molar-refractivity contribution in [3.63, 3.8) is 0 Å². The molecule has 1 saturated heterocycles. The number of nitrogens with zero attached hydrogens (tertiary/aromatic N) is 5. The number of rotatable bonds is 3. The molecule has 3 aromatic rings. The molecule has 0 aliphatic carbocycles. The van der Waals surface area contributed by atoms with Crippen molar-refractivity contribution < 1.29 is 13.2 Å². The predicted molar refractivity (Wildman–Crippen MR) is 111 cm³/mol. The Morgan fingerprint density at radius 2 is 1.87 bits per heavy atom. The van der Waals surface area contributed by atoms with Gasteiger partial charge >= 0.3 is 0 Å². The van der Waals surface area contributed by atoms with Crippen LogP contribution in [0.3, 0.4) is 0 Å². The minimum absolute atomic E-state index is 0.108. The van der Waals surface area contributed by atoms with Crippen molar-refractivity contribution in [1.29, 1.82) is 0 Å². The highest BCUT2D eigenvalue weighted by Crippen LogP contribution is 2.36. The standard InChI is InChI=1S/C21H21N5O3S/c1-15-9-10-20(24-23-15)25-13-17-18(14-25)29-21-19(8-5-11-22-21)30(27,28)26(17)12-16-6-3-2-4-7-16/h2-11,17-18H,12-14H2,1H3. The first kappa shape index (κ1) is 19.0. The van der Waals surface area contributed by atoms with Crippen LogP contribution >= 0.6 is 0 Å². The largest absolute Gasteiger partial charge is 0.470 e. The van der Waals surface area contributed by atoms with Gasteiger partial charge in [0.25, 0.3) is 0 Å². The fraction of sp³-hybridized carbons (Fsp3) is 0.286. The summed E-state index contributed by atoms with van der Waals surface area (Å²) in [6.45, 7) is 3.10. The number of benzene rings is 1. The maximum Gasteiger partial charge on any atom is 0.249 e. The fourth-order valence-electron chi connectivity index (χ4n) is 3.97. The highest BCUT2D eigenvalue weighted by atomic mass is 32.2. The zero-order valence-electron chi connectivity index (χ0n) is 16.4. The highest BCUT2D eigenvalue weighted by molar-refractivity contribution is 7.89. The van der Waals surface area contributed by atoms with Crippen LogP contribution in [0.5, 0.6) is 5.88 Å². The number of pyridine rings is 1. The van der Waals surface area contributed by atoms with Gasteiger partial charge in [-0.2, -0.15) is 9.40 Å². The number of hydrogen-bond donors (Lipinski definition) is 0. The van der Waals surface area contributed by atoms with Crippen molar-refractivity contribution in [2.45, 2.75) is 30.5 Å². The molecule has 0 N–H and O–H groups in total. The third-order valence-corrected chi connectivity index (χ3v) is 7.37. The van der Waals surface area contributed by atoms with Crippen LogP contribution in [0.15, 0.2) is 65.7 Å². The number of aromatic nitrogens is 3. The molecular formula is C21H21N5O3S. The van der Waals surface area contributed by atoms with Gasteiger partial charge in [-0.05, 0) is 36.8 Å². The normalized spacial score (nSPS) is 22.6. The lowest BCUT2D eigenvalue weighted by Crippen LogP contribution is -2.46. The van der Waals surface area contributed by atoms with Crippen LogP contribution in [0.4, 0.5) is 5.82 Å². The molecule has 0 saturated carbocycles. The molecule has 2 unspecified atom stereocenters.